The molecule has 3 rings (SSSR count). The van der Waals surface area contributed by atoms with Crippen LogP contribution < -0.4 is 10.8 Å². The number of fused-ring (bicyclic) bond motifs is 1. The van der Waals surface area contributed by atoms with Crippen molar-refractivity contribution in [3.8, 4) is 0 Å². The molecule has 0 saturated heterocycles. The van der Waals surface area contributed by atoms with Crippen LogP contribution in [-0.2, 0) is 25.4 Å². The van der Waals surface area contributed by atoms with E-state index in [9.17, 15) is 9.36 Å². The van der Waals surface area contributed by atoms with Gasteiger partial charge in [-0.2, -0.15) is 0 Å². The Morgan fingerprint density at radius 1 is 1.24 bits per heavy atom. The van der Waals surface area contributed by atoms with Gasteiger partial charge < -0.3 is 19.8 Å². The predicted octanol–water partition coefficient (Wildman–Crippen LogP) is 4.63. The third kappa shape index (κ3) is 7.09. The summed E-state index contributed by atoms with van der Waals surface area (Å²) in [5.41, 5.74) is 6.68. The zero-order chi connectivity index (χ0) is 28.1. The molecular weight excluding hydrogens is 529 g/mol. The van der Waals surface area contributed by atoms with E-state index in [0.717, 1.165) is 5.56 Å². The quantitative estimate of drug-likeness (QED) is 0.223. The van der Waals surface area contributed by atoms with Gasteiger partial charge in [0.25, 0.3) is 0 Å². The van der Waals surface area contributed by atoms with Crippen LogP contribution in [0.25, 0.3) is 11.2 Å². The van der Waals surface area contributed by atoms with Crippen molar-refractivity contribution >= 4 is 42.0 Å². The van der Waals surface area contributed by atoms with E-state index < -0.39 is 19.0 Å². The molecule has 0 saturated carbocycles. The molecule has 2 heterocycles. The molecule has 2 aromatic heterocycles. The van der Waals surface area contributed by atoms with Gasteiger partial charge in [0.15, 0.2) is 11.5 Å². The number of rotatable bonds is 13. The highest BCUT2D eigenvalue weighted by atomic mass is 35.5. The van der Waals surface area contributed by atoms with E-state index in [1.54, 1.807) is 44.0 Å². The lowest BCUT2D eigenvalue weighted by Gasteiger charge is -2.38. The maximum Gasteiger partial charge on any atom is 0.326 e. The summed E-state index contributed by atoms with van der Waals surface area (Å²) in [5, 5.41) is 3.70. The van der Waals surface area contributed by atoms with Crippen LogP contribution in [0.3, 0.4) is 0 Å². The second kappa shape index (κ2) is 12.5. The molecule has 0 aliphatic heterocycles. The Balaban J connectivity index is 1.81. The Morgan fingerprint density at radius 3 is 2.58 bits per heavy atom. The molecule has 0 fully saturated rings. The Bertz CT molecular complexity index is 1280. The fourth-order valence-electron chi connectivity index (χ4n) is 3.89. The number of nitrogens with zero attached hydrogens (tertiary/aromatic N) is 5. The third-order valence-corrected chi connectivity index (χ3v) is 9.27. The molecule has 3 atom stereocenters. The summed E-state index contributed by atoms with van der Waals surface area (Å²) in [4.78, 5) is 25.3. The summed E-state index contributed by atoms with van der Waals surface area (Å²) in [6.45, 7) is 9.71. The maximum absolute atomic E-state index is 14.6. The van der Waals surface area contributed by atoms with Gasteiger partial charge >= 0.3 is 5.97 Å². The number of halogens is 1. The molecule has 3 aromatic rings. The smallest absolute Gasteiger partial charge is 0.326 e. The Kier molecular flexibility index (Phi) is 9.89. The molecule has 1 aromatic carbocycles. The van der Waals surface area contributed by atoms with Gasteiger partial charge in [-0.25, -0.2) is 24.7 Å². The van der Waals surface area contributed by atoms with E-state index in [4.69, 9.17) is 26.8 Å². The first-order valence-corrected chi connectivity index (χ1v) is 14.7. The minimum atomic E-state index is -3.49. The molecule has 0 radical (unpaired) electrons. The number of carbonyl (C=O) groups excluding carboxylic acids is 1. The highest BCUT2D eigenvalue weighted by molar-refractivity contribution is 7.59. The zero-order valence-electron chi connectivity index (χ0n) is 22.7. The van der Waals surface area contributed by atoms with E-state index in [1.807, 2.05) is 37.5 Å². The van der Waals surface area contributed by atoms with Crippen LogP contribution in [0.15, 0.2) is 36.9 Å². The first-order chi connectivity index (χ1) is 17.9. The maximum atomic E-state index is 14.6. The van der Waals surface area contributed by atoms with Gasteiger partial charge in [0.05, 0.1) is 25.6 Å². The number of hydrogen-bond donors (Lipinski definition) is 2. The van der Waals surface area contributed by atoms with Crippen LogP contribution in [-0.4, -0.2) is 61.8 Å². The highest BCUT2D eigenvalue weighted by Gasteiger charge is 2.41. The van der Waals surface area contributed by atoms with Gasteiger partial charge in [0, 0.05) is 11.1 Å². The highest BCUT2D eigenvalue weighted by Crippen LogP contribution is 2.51. The van der Waals surface area contributed by atoms with Crippen LogP contribution in [0.2, 0.25) is 5.02 Å². The number of nitrogen functional groups attached to an aromatic ring is 1. The lowest BCUT2D eigenvalue weighted by molar-refractivity contribution is -0.149. The lowest BCUT2D eigenvalue weighted by Crippen LogP contribution is -2.49. The van der Waals surface area contributed by atoms with Crippen LogP contribution in [0, 0.1) is 0 Å². The van der Waals surface area contributed by atoms with E-state index in [2.05, 4.69) is 20.0 Å². The number of carbonyl (C=O) groups is 1. The SMILES string of the molecule is CCCOC(=O)C(C)(C)N[P@](=O)(CO[C@H](C)Cn1cnc2c(N)ncnc21)N(C)[C@H](C)c1ccc(Cl)cc1. The minimum Gasteiger partial charge on any atom is -0.464 e. The van der Waals surface area contributed by atoms with E-state index in [1.165, 1.54) is 6.33 Å². The summed E-state index contributed by atoms with van der Waals surface area (Å²) < 4.78 is 29.6. The van der Waals surface area contributed by atoms with Crippen LogP contribution in [0.4, 0.5) is 5.82 Å². The normalized spacial score (nSPS) is 15.4. The third-order valence-electron chi connectivity index (χ3n) is 6.24. The average Bonchev–Trinajstić information content (AvgIpc) is 3.29. The largest absolute Gasteiger partial charge is 0.464 e. The molecule has 208 valence electrons. The molecule has 11 nitrogen and oxygen atoms in total. The Hall–Kier alpha value is -2.56. The van der Waals surface area contributed by atoms with Crippen molar-refractivity contribution in [1.82, 2.24) is 29.3 Å². The number of hydrogen-bond acceptors (Lipinski definition) is 8. The fourth-order valence-corrected chi connectivity index (χ4v) is 6.53. The van der Waals surface area contributed by atoms with E-state index in [0.29, 0.717) is 35.0 Å². The van der Waals surface area contributed by atoms with Crippen molar-refractivity contribution < 1.29 is 18.8 Å². The lowest BCUT2D eigenvalue weighted by atomic mass is 10.1. The summed E-state index contributed by atoms with van der Waals surface area (Å²) in [6.07, 6.45) is 3.17. The van der Waals surface area contributed by atoms with Gasteiger partial charge in [-0.1, -0.05) is 30.7 Å². The zero-order valence-corrected chi connectivity index (χ0v) is 24.4. The van der Waals surface area contributed by atoms with Crippen molar-refractivity contribution in [3.63, 3.8) is 0 Å². The number of esters is 1. The van der Waals surface area contributed by atoms with Gasteiger partial charge in [0.2, 0.25) is 7.44 Å². The molecule has 38 heavy (non-hydrogen) atoms. The van der Waals surface area contributed by atoms with Crippen molar-refractivity contribution in [3.05, 3.63) is 47.5 Å². The number of benzene rings is 1. The van der Waals surface area contributed by atoms with Crippen LogP contribution in [0.1, 0.15) is 52.6 Å². The van der Waals surface area contributed by atoms with Crippen molar-refractivity contribution in [1.29, 1.82) is 0 Å². The molecule has 13 heteroatoms. The molecule has 0 aliphatic rings. The molecule has 0 unspecified atom stereocenters. The number of aromatic nitrogens is 4. The van der Waals surface area contributed by atoms with E-state index >= 15 is 0 Å². The van der Waals surface area contributed by atoms with Crippen LogP contribution >= 0.6 is 19.0 Å². The monoisotopic (exact) mass is 565 g/mol. The summed E-state index contributed by atoms with van der Waals surface area (Å²) in [5.74, 6) is -0.187. The first kappa shape index (κ1) is 30.0. The van der Waals surface area contributed by atoms with Crippen molar-refractivity contribution in [2.24, 2.45) is 0 Å². The molecule has 0 spiro atoms. The second-order valence-electron chi connectivity index (χ2n) is 9.81. The molecule has 0 aliphatic carbocycles. The molecule has 3 N–H and O–H groups in total. The van der Waals surface area contributed by atoms with Gasteiger partial charge in [-0.05, 0) is 58.9 Å². The number of ether oxygens (including phenoxy) is 2. The van der Waals surface area contributed by atoms with Gasteiger partial charge in [-0.15, -0.1) is 0 Å². The summed E-state index contributed by atoms with van der Waals surface area (Å²) in [6, 6.07) is 7.07. The predicted molar refractivity (Wildman–Crippen MR) is 149 cm³/mol. The molecule has 0 amide bonds. The van der Waals surface area contributed by atoms with Crippen molar-refractivity contribution in [2.45, 2.75) is 65.3 Å². The molecule has 0 bridgehead atoms. The second-order valence-corrected chi connectivity index (χ2v) is 12.8. The molecular formula is C25H37ClN7O4P. The van der Waals surface area contributed by atoms with Gasteiger partial charge in [0.1, 0.15) is 23.7 Å². The summed E-state index contributed by atoms with van der Waals surface area (Å²) in [7, 11) is -1.75. The summed E-state index contributed by atoms with van der Waals surface area (Å²) >= 11 is 6.06. The number of nitrogens with one attached hydrogen (secondary N) is 1. The standard InChI is InChI=1S/C25H37ClN7O4P/c1-7-12-36-24(34)25(4,5)31-38(35,32(6)18(3)19-8-10-20(26)11-9-19)16-37-17(2)13-33-15-30-21-22(27)28-14-29-23(21)33/h8-11,14-15,17-18H,7,12-13,16H2,1-6H3,(H,31,35)(H2,27,28,29)/t17-,18-,38-/m1/s1. The fraction of sp³-hybridized carbons (Fsp3) is 0.520. The minimum absolute atomic E-state index is 0.156. The average molecular weight is 566 g/mol. The first-order valence-electron chi connectivity index (χ1n) is 12.5. The van der Waals surface area contributed by atoms with Crippen molar-refractivity contribution in [2.75, 3.05) is 25.7 Å². The number of imidazole rings is 1. The number of nitrogens with two attached hydrogens (primary N) is 1. The van der Waals surface area contributed by atoms with E-state index in [-0.39, 0.29) is 25.1 Å². The van der Waals surface area contributed by atoms with Crippen LogP contribution in [0.5, 0.6) is 0 Å². The Morgan fingerprint density at radius 2 is 1.92 bits per heavy atom. The van der Waals surface area contributed by atoms with Gasteiger partial charge in [-0.3, -0.25) is 9.36 Å². The Labute approximate surface area is 228 Å². The number of anilines is 1. The topological polar surface area (TPSA) is 137 Å².